The van der Waals surface area contributed by atoms with E-state index in [2.05, 4.69) is 50.0 Å². The van der Waals surface area contributed by atoms with Gasteiger partial charge in [-0.05, 0) is 47.5 Å². The first-order chi connectivity index (χ1) is 10.7. The van der Waals surface area contributed by atoms with Crippen molar-refractivity contribution >= 4 is 5.96 Å². The minimum Gasteiger partial charge on any atom is -0.361 e. The molecule has 5 nitrogen and oxygen atoms in total. The van der Waals surface area contributed by atoms with Gasteiger partial charge in [0.15, 0.2) is 5.96 Å². The van der Waals surface area contributed by atoms with Crippen molar-refractivity contribution in [1.29, 1.82) is 0 Å². The number of likely N-dealkylation sites (tertiary alicyclic amines) is 1. The van der Waals surface area contributed by atoms with Crippen LogP contribution in [0, 0.1) is 19.3 Å². The molecule has 1 aromatic heterocycles. The van der Waals surface area contributed by atoms with Crippen molar-refractivity contribution in [3.8, 4) is 0 Å². The van der Waals surface area contributed by atoms with Crippen LogP contribution in [0.2, 0.25) is 0 Å². The lowest BCUT2D eigenvalue weighted by atomic mass is 9.65. The number of nitrogens with zero attached hydrogens (tertiary/aromatic N) is 3. The minimum absolute atomic E-state index is 0.135. The Balaban J connectivity index is 1.95. The van der Waals surface area contributed by atoms with Crippen molar-refractivity contribution in [2.24, 2.45) is 10.4 Å². The molecule has 1 saturated heterocycles. The molecule has 1 aliphatic rings. The molecule has 1 fully saturated rings. The second kappa shape index (κ2) is 6.54. The van der Waals surface area contributed by atoms with Gasteiger partial charge in [0.1, 0.15) is 5.76 Å². The van der Waals surface area contributed by atoms with Crippen LogP contribution in [0.4, 0.5) is 0 Å². The number of rotatable bonds is 5. The molecule has 5 heteroatoms. The molecule has 1 N–H and O–H groups in total. The van der Waals surface area contributed by atoms with Crippen molar-refractivity contribution in [2.45, 2.75) is 66.8 Å². The molecule has 0 atom stereocenters. The van der Waals surface area contributed by atoms with Gasteiger partial charge >= 0.3 is 0 Å². The van der Waals surface area contributed by atoms with Crippen molar-refractivity contribution in [3.05, 3.63) is 17.0 Å². The van der Waals surface area contributed by atoms with Crippen LogP contribution in [0.5, 0.6) is 0 Å². The van der Waals surface area contributed by atoms with Gasteiger partial charge in [-0.25, -0.2) is 0 Å². The summed E-state index contributed by atoms with van der Waals surface area (Å²) >= 11 is 0. The van der Waals surface area contributed by atoms with Gasteiger partial charge in [0.2, 0.25) is 0 Å². The maximum Gasteiger partial charge on any atom is 0.194 e. The molecular weight excluding hydrogens is 288 g/mol. The lowest BCUT2D eigenvalue weighted by molar-refractivity contribution is -0.0667. The molecule has 0 bridgehead atoms. The van der Waals surface area contributed by atoms with E-state index in [0.29, 0.717) is 5.41 Å². The molecule has 0 amide bonds. The molecule has 1 aliphatic heterocycles. The van der Waals surface area contributed by atoms with Crippen LogP contribution in [-0.2, 0) is 6.42 Å². The fourth-order valence-electron chi connectivity index (χ4n) is 3.09. The molecule has 0 saturated carbocycles. The molecule has 130 valence electrons. The fourth-order valence-corrected chi connectivity index (χ4v) is 3.09. The van der Waals surface area contributed by atoms with E-state index in [0.717, 1.165) is 49.9 Å². The van der Waals surface area contributed by atoms with Crippen molar-refractivity contribution in [2.75, 3.05) is 19.6 Å². The van der Waals surface area contributed by atoms with Gasteiger partial charge in [0, 0.05) is 36.2 Å². The predicted octanol–water partition coefficient (Wildman–Crippen LogP) is 3.31. The predicted molar refractivity (Wildman–Crippen MR) is 94.8 cm³/mol. The highest BCUT2D eigenvalue weighted by Gasteiger charge is 2.53. The molecule has 2 rings (SSSR count). The van der Waals surface area contributed by atoms with Crippen molar-refractivity contribution in [1.82, 2.24) is 15.4 Å². The third-order valence-electron chi connectivity index (χ3n) is 5.50. The summed E-state index contributed by atoms with van der Waals surface area (Å²) < 4.78 is 5.22. The smallest absolute Gasteiger partial charge is 0.194 e. The van der Waals surface area contributed by atoms with E-state index in [1.807, 2.05) is 13.8 Å². The number of aliphatic imine (C=N–C) groups is 1. The Bertz CT molecular complexity index is 552. The quantitative estimate of drug-likeness (QED) is 0.514. The van der Waals surface area contributed by atoms with Crippen LogP contribution in [-0.4, -0.2) is 41.2 Å². The highest BCUT2D eigenvalue weighted by molar-refractivity contribution is 5.82. The number of aryl methyl sites for hydroxylation is 2. The molecule has 0 radical (unpaired) electrons. The Morgan fingerprint density at radius 1 is 1.30 bits per heavy atom. The van der Waals surface area contributed by atoms with Gasteiger partial charge in [0.05, 0.1) is 5.69 Å². The average Bonchev–Trinajstić information content (AvgIpc) is 2.79. The van der Waals surface area contributed by atoms with Gasteiger partial charge < -0.3 is 14.7 Å². The van der Waals surface area contributed by atoms with Crippen LogP contribution >= 0.6 is 0 Å². The van der Waals surface area contributed by atoms with Crippen molar-refractivity contribution in [3.63, 3.8) is 0 Å². The first-order valence-corrected chi connectivity index (χ1v) is 8.68. The number of nitrogens with one attached hydrogen (secondary N) is 1. The zero-order valence-corrected chi connectivity index (χ0v) is 15.8. The van der Waals surface area contributed by atoms with Crippen LogP contribution < -0.4 is 5.32 Å². The SMILES string of the molecule is CCNC(=NCCCc1c(C)noc1C)N1CC(C)(C)C1(C)C. The molecule has 0 unspecified atom stereocenters. The van der Waals surface area contributed by atoms with Gasteiger partial charge in [-0.3, -0.25) is 4.99 Å². The van der Waals surface area contributed by atoms with Crippen LogP contribution in [0.3, 0.4) is 0 Å². The van der Waals surface area contributed by atoms with E-state index in [1.54, 1.807) is 0 Å². The molecule has 0 aromatic carbocycles. The first-order valence-electron chi connectivity index (χ1n) is 8.68. The summed E-state index contributed by atoms with van der Waals surface area (Å²) in [4.78, 5) is 7.23. The van der Waals surface area contributed by atoms with Crippen LogP contribution in [0.1, 0.15) is 58.1 Å². The standard InChI is InChI=1S/C18H32N4O/c1-8-19-16(22-12-17(4,5)18(22,6)7)20-11-9-10-15-13(2)21-23-14(15)3/h8-12H2,1-7H3,(H,19,20). The Kier molecular flexibility index (Phi) is 5.07. The summed E-state index contributed by atoms with van der Waals surface area (Å²) in [6, 6.07) is 0. The molecule has 23 heavy (non-hydrogen) atoms. The Labute approximate surface area is 140 Å². The molecule has 2 heterocycles. The normalized spacial score (nSPS) is 19.6. The summed E-state index contributed by atoms with van der Waals surface area (Å²) in [6.45, 7) is 18.1. The van der Waals surface area contributed by atoms with Gasteiger partial charge in [-0.2, -0.15) is 0 Å². The maximum absolute atomic E-state index is 5.22. The summed E-state index contributed by atoms with van der Waals surface area (Å²) in [5.74, 6) is 1.97. The fraction of sp³-hybridized carbons (Fsp3) is 0.778. The van der Waals surface area contributed by atoms with Gasteiger partial charge in [-0.15, -0.1) is 0 Å². The third-order valence-corrected chi connectivity index (χ3v) is 5.50. The number of aromatic nitrogens is 1. The van der Waals surface area contributed by atoms with E-state index in [-0.39, 0.29) is 5.54 Å². The lowest BCUT2D eigenvalue weighted by Gasteiger charge is -2.62. The molecule has 0 spiro atoms. The Hall–Kier alpha value is -1.52. The van der Waals surface area contributed by atoms with Crippen LogP contribution in [0.15, 0.2) is 9.52 Å². The highest BCUT2D eigenvalue weighted by atomic mass is 16.5. The second-order valence-corrected chi connectivity index (χ2v) is 7.67. The van der Waals surface area contributed by atoms with Gasteiger partial charge in [0.25, 0.3) is 0 Å². The third kappa shape index (κ3) is 3.38. The first kappa shape index (κ1) is 17.8. The largest absolute Gasteiger partial charge is 0.361 e. The molecule has 1 aromatic rings. The molecule has 0 aliphatic carbocycles. The Morgan fingerprint density at radius 3 is 2.48 bits per heavy atom. The summed E-state index contributed by atoms with van der Waals surface area (Å²) in [6.07, 6.45) is 1.98. The summed E-state index contributed by atoms with van der Waals surface area (Å²) in [5, 5.41) is 7.45. The monoisotopic (exact) mass is 320 g/mol. The maximum atomic E-state index is 5.22. The minimum atomic E-state index is 0.135. The lowest BCUT2D eigenvalue weighted by Crippen LogP contribution is -2.72. The molecular formula is C18H32N4O. The van der Waals surface area contributed by atoms with Gasteiger partial charge in [-0.1, -0.05) is 19.0 Å². The second-order valence-electron chi connectivity index (χ2n) is 7.67. The summed E-state index contributed by atoms with van der Waals surface area (Å²) in [7, 11) is 0. The Morgan fingerprint density at radius 2 is 2.00 bits per heavy atom. The topological polar surface area (TPSA) is 53.7 Å². The van der Waals surface area contributed by atoms with Crippen molar-refractivity contribution < 1.29 is 4.52 Å². The van der Waals surface area contributed by atoms with E-state index in [9.17, 15) is 0 Å². The number of hydrogen-bond donors (Lipinski definition) is 1. The summed E-state index contributed by atoms with van der Waals surface area (Å²) in [5.41, 5.74) is 2.69. The van der Waals surface area contributed by atoms with E-state index < -0.39 is 0 Å². The van der Waals surface area contributed by atoms with Crippen LogP contribution in [0.25, 0.3) is 0 Å². The number of hydrogen-bond acceptors (Lipinski definition) is 3. The van der Waals surface area contributed by atoms with E-state index >= 15 is 0 Å². The zero-order chi connectivity index (χ0) is 17.3. The zero-order valence-electron chi connectivity index (χ0n) is 15.8. The average molecular weight is 320 g/mol. The highest BCUT2D eigenvalue weighted by Crippen LogP contribution is 2.46. The van der Waals surface area contributed by atoms with E-state index in [4.69, 9.17) is 9.52 Å². The number of guanidine groups is 1. The van der Waals surface area contributed by atoms with E-state index in [1.165, 1.54) is 5.56 Å².